The van der Waals surface area contributed by atoms with Crippen molar-refractivity contribution in [2.24, 2.45) is 5.92 Å². The first-order chi connectivity index (χ1) is 50.0. The molecule has 612 valence electrons. The normalized spacial score (nSPS) is 13.8. The van der Waals surface area contributed by atoms with Crippen molar-refractivity contribution in [2.45, 2.75) is 470 Å². The molecule has 0 saturated carbocycles. The molecule has 0 heterocycles. The van der Waals surface area contributed by atoms with Gasteiger partial charge in [-0.15, -0.1) is 0 Å². The van der Waals surface area contributed by atoms with Gasteiger partial charge in [-0.1, -0.05) is 401 Å². The summed E-state index contributed by atoms with van der Waals surface area (Å²) < 4.78 is 68.8. The van der Waals surface area contributed by atoms with E-state index in [1.54, 1.807) is 0 Å². The number of phosphoric acid groups is 2. The van der Waals surface area contributed by atoms with Gasteiger partial charge in [0.1, 0.15) is 19.3 Å². The van der Waals surface area contributed by atoms with Gasteiger partial charge in [0.15, 0.2) is 12.2 Å². The molecule has 0 aliphatic rings. The van der Waals surface area contributed by atoms with Crippen LogP contribution >= 0.6 is 15.6 Å². The summed E-state index contributed by atoms with van der Waals surface area (Å²) >= 11 is 0. The number of hydrogen-bond donors (Lipinski definition) is 3. The van der Waals surface area contributed by atoms with Crippen LogP contribution in [0.3, 0.4) is 0 Å². The lowest BCUT2D eigenvalue weighted by atomic mass is 10.0. The third-order valence-electron chi connectivity index (χ3n) is 19.8. The molecule has 0 bridgehead atoms. The number of esters is 4. The van der Waals surface area contributed by atoms with Crippen LogP contribution in [-0.2, 0) is 65.4 Å². The lowest BCUT2D eigenvalue weighted by Crippen LogP contribution is -2.30. The minimum absolute atomic E-state index is 0.108. The van der Waals surface area contributed by atoms with E-state index >= 15 is 0 Å². The quantitative estimate of drug-likeness (QED) is 0.0222. The first-order valence-electron chi connectivity index (χ1n) is 43.6. The number of carbonyl (C=O) groups excluding carboxylic acids is 4. The second kappa shape index (κ2) is 76.8. The second-order valence-electron chi connectivity index (χ2n) is 30.7. The highest BCUT2D eigenvalue weighted by molar-refractivity contribution is 7.47. The van der Waals surface area contributed by atoms with Crippen LogP contribution in [-0.4, -0.2) is 96.7 Å². The lowest BCUT2D eigenvalue weighted by Gasteiger charge is -2.21. The van der Waals surface area contributed by atoms with Gasteiger partial charge in [-0.2, -0.15) is 0 Å². The smallest absolute Gasteiger partial charge is 0.462 e. The Labute approximate surface area is 632 Å². The third-order valence-corrected chi connectivity index (χ3v) is 21.7. The maximum Gasteiger partial charge on any atom is 0.472 e. The van der Waals surface area contributed by atoms with E-state index in [0.29, 0.717) is 25.7 Å². The van der Waals surface area contributed by atoms with E-state index in [9.17, 15) is 43.2 Å². The molecule has 19 heteroatoms. The number of ether oxygens (including phenoxy) is 4. The Hall–Kier alpha value is -1.94. The van der Waals surface area contributed by atoms with Gasteiger partial charge in [-0.05, 0) is 31.6 Å². The summed E-state index contributed by atoms with van der Waals surface area (Å²) in [7, 11) is -9.92. The fraction of sp³-hybridized carbons (Fsp3) is 0.952. The van der Waals surface area contributed by atoms with Gasteiger partial charge in [-0.25, -0.2) is 9.13 Å². The average Bonchev–Trinajstić information content (AvgIpc) is 0.952. The first kappa shape index (κ1) is 101. The van der Waals surface area contributed by atoms with Gasteiger partial charge in [-0.3, -0.25) is 37.3 Å². The predicted molar refractivity (Wildman–Crippen MR) is 423 cm³/mol. The van der Waals surface area contributed by atoms with Gasteiger partial charge in [0.05, 0.1) is 26.4 Å². The molecule has 0 saturated heterocycles. The maximum absolute atomic E-state index is 13.1. The summed E-state index contributed by atoms with van der Waals surface area (Å²) in [6.45, 7) is 7.33. The molecule has 5 atom stereocenters. The van der Waals surface area contributed by atoms with Crippen LogP contribution < -0.4 is 0 Å². The Kier molecular flexibility index (Phi) is 75.4. The molecule has 0 amide bonds. The summed E-state index contributed by atoms with van der Waals surface area (Å²) in [6.07, 6.45) is 69.4. The Morgan fingerprint density at radius 2 is 0.447 bits per heavy atom. The lowest BCUT2D eigenvalue weighted by molar-refractivity contribution is -0.161. The SMILES string of the molecule is CCCCCCCCCCCCCCCCCCCCCCC(=O)O[C@H](COC(=O)CCCCCCCCCCCCCCCCCCCC)COP(=O)(O)OC[C@@H](O)COP(=O)(O)OC[C@@H](COC(=O)CCCCCCCCCCCC(C)C)OC(=O)CCCCCCCCCCCCCCC. The van der Waals surface area contributed by atoms with Gasteiger partial charge < -0.3 is 33.8 Å². The molecule has 17 nitrogen and oxygen atoms in total. The van der Waals surface area contributed by atoms with E-state index < -0.39 is 97.5 Å². The molecule has 0 spiro atoms. The van der Waals surface area contributed by atoms with E-state index in [0.717, 1.165) is 95.8 Å². The molecule has 2 unspecified atom stereocenters. The number of unbranched alkanes of at least 4 members (excludes halogenated alkanes) is 56. The Bertz CT molecular complexity index is 1960. The first-order valence-corrected chi connectivity index (χ1v) is 46.6. The van der Waals surface area contributed by atoms with Crippen LogP contribution in [0.4, 0.5) is 0 Å². The van der Waals surface area contributed by atoms with E-state index in [1.165, 1.54) is 276 Å². The Morgan fingerprint density at radius 1 is 0.262 bits per heavy atom. The largest absolute Gasteiger partial charge is 0.472 e. The van der Waals surface area contributed by atoms with E-state index in [2.05, 4.69) is 34.6 Å². The molecule has 103 heavy (non-hydrogen) atoms. The van der Waals surface area contributed by atoms with Crippen molar-refractivity contribution in [1.82, 2.24) is 0 Å². The zero-order valence-electron chi connectivity index (χ0n) is 67.5. The van der Waals surface area contributed by atoms with Crippen molar-refractivity contribution in [1.29, 1.82) is 0 Å². The van der Waals surface area contributed by atoms with Crippen molar-refractivity contribution < 1.29 is 80.2 Å². The van der Waals surface area contributed by atoms with Crippen molar-refractivity contribution in [3.63, 3.8) is 0 Å². The zero-order valence-corrected chi connectivity index (χ0v) is 69.3. The predicted octanol–water partition coefficient (Wildman–Crippen LogP) is 25.6. The number of aliphatic hydroxyl groups excluding tert-OH is 1. The fourth-order valence-corrected chi connectivity index (χ4v) is 14.7. The Morgan fingerprint density at radius 3 is 0.660 bits per heavy atom. The fourth-order valence-electron chi connectivity index (χ4n) is 13.1. The third kappa shape index (κ3) is 78.0. The molecule has 0 aromatic rings. The standard InChI is InChI=1S/C84H164O17P2/c1-6-9-12-15-18-21-24-27-29-31-33-34-36-38-41-44-49-55-60-65-70-84(89)100-79(73-94-81(86)67-62-57-52-47-42-40-37-35-32-30-28-25-22-19-16-13-10-7-2)75-98-102(90,91)96-71-78(85)72-97-103(92,93)99-76-80(74-95-82(87)68-63-58-53-50-45-46-51-56-61-66-77(4)5)101-83(88)69-64-59-54-48-43-39-26-23-20-17-14-11-8-3/h77-80,85H,6-76H2,1-5H3,(H,90,91)(H,92,93)/t78-,79-,80-/m1/s1. The minimum Gasteiger partial charge on any atom is -0.462 e. The van der Waals surface area contributed by atoms with Crippen molar-refractivity contribution in [3.05, 3.63) is 0 Å². The number of rotatable bonds is 84. The minimum atomic E-state index is -4.96. The molecule has 0 aliphatic carbocycles. The summed E-state index contributed by atoms with van der Waals surface area (Å²) in [4.78, 5) is 73.2. The molecule has 3 N–H and O–H groups in total. The van der Waals surface area contributed by atoms with Crippen LogP contribution in [0.5, 0.6) is 0 Å². The average molecular weight is 1510 g/mol. The molecule has 0 aromatic heterocycles. The van der Waals surface area contributed by atoms with Crippen LogP contribution in [0.2, 0.25) is 0 Å². The number of phosphoric ester groups is 2. The molecule has 0 radical (unpaired) electrons. The van der Waals surface area contributed by atoms with Gasteiger partial charge in [0.2, 0.25) is 0 Å². The highest BCUT2D eigenvalue weighted by atomic mass is 31.2. The number of carbonyl (C=O) groups is 4. The summed E-state index contributed by atoms with van der Waals surface area (Å²) in [6, 6.07) is 0. The van der Waals surface area contributed by atoms with Gasteiger partial charge >= 0.3 is 39.5 Å². The van der Waals surface area contributed by atoms with Gasteiger partial charge in [0, 0.05) is 25.7 Å². The number of aliphatic hydroxyl groups is 1. The van der Waals surface area contributed by atoms with E-state index in [1.807, 2.05) is 0 Å². The van der Waals surface area contributed by atoms with Crippen LogP contribution in [0.25, 0.3) is 0 Å². The number of hydrogen-bond acceptors (Lipinski definition) is 15. The van der Waals surface area contributed by atoms with Gasteiger partial charge in [0.25, 0.3) is 0 Å². The maximum atomic E-state index is 13.1. The van der Waals surface area contributed by atoms with Crippen LogP contribution in [0, 0.1) is 5.92 Å². The van der Waals surface area contributed by atoms with Crippen molar-refractivity contribution >= 4 is 39.5 Å². The van der Waals surface area contributed by atoms with E-state index in [-0.39, 0.29) is 25.7 Å². The summed E-state index contributed by atoms with van der Waals surface area (Å²) in [5.74, 6) is -1.36. The molecule has 0 aromatic carbocycles. The van der Waals surface area contributed by atoms with Crippen LogP contribution in [0.15, 0.2) is 0 Å². The molecular weight excluding hydrogens is 1340 g/mol. The Balaban J connectivity index is 5.24. The molecule has 0 fully saturated rings. The highest BCUT2D eigenvalue weighted by Gasteiger charge is 2.30. The summed E-state index contributed by atoms with van der Waals surface area (Å²) in [5, 5.41) is 10.7. The second-order valence-corrected chi connectivity index (χ2v) is 33.6. The molecular formula is C84H164O17P2. The highest BCUT2D eigenvalue weighted by Crippen LogP contribution is 2.45. The monoisotopic (exact) mass is 1510 g/mol. The van der Waals surface area contributed by atoms with Crippen molar-refractivity contribution in [3.8, 4) is 0 Å². The van der Waals surface area contributed by atoms with Crippen molar-refractivity contribution in [2.75, 3.05) is 39.6 Å². The zero-order chi connectivity index (χ0) is 75.5. The summed E-state index contributed by atoms with van der Waals surface area (Å²) in [5.41, 5.74) is 0. The molecule has 0 rings (SSSR count). The topological polar surface area (TPSA) is 237 Å². The van der Waals surface area contributed by atoms with E-state index in [4.69, 9.17) is 37.0 Å². The molecule has 0 aliphatic heterocycles. The van der Waals surface area contributed by atoms with Crippen LogP contribution in [0.1, 0.15) is 452 Å².